The van der Waals surface area contributed by atoms with Crippen LogP contribution < -0.4 is 0 Å². The minimum Gasteiger partial charge on any atom is -0.436 e. The van der Waals surface area contributed by atoms with E-state index >= 15 is 0 Å². The Morgan fingerprint density at radius 2 is 2.05 bits per heavy atom. The van der Waals surface area contributed by atoms with Crippen LogP contribution in [0.1, 0.15) is 11.1 Å². The molecule has 2 aromatic carbocycles. The topological polar surface area (TPSA) is 69.2 Å². The van der Waals surface area contributed by atoms with Crippen molar-refractivity contribution in [3.63, 3.8) is 0 Å². The van der Waals surface area contributed by atoms with Gasteiger partial charge >= 0.3 is 0 Å². The number of nitro groups is 1. The number of nitro benzene ring substituents is 1. The predicted octanol–water partition coefficient (Wildman–Crippen LogP) is 4.67. The van der Waals surface area contributed by atoms with Crippen molar-refractivity contribution in [3.05, 3.63) is 56.6 Å². The van der Waals surface area contributed by atoms with E-state index in [0.717, 1.165) is 11.1 Å². The van der Waals surface area contributed by atoms with Crippen molar-refractivity contribution < 1.29 is 9.34 Å². The molecule has 1 heterocycles. The van der Waals surface area contributed by atoms with Gasteiger partial charge in [0.25, 0.3) is 5.69 Å². The summed E-state index contributed by atoms with van der Waals surface area (Å²) in [4.78, 5) is 14.8. The van der Waals surface area contributed by atoms with Gasteiger partial charge in [-0.3, -0.25) is 10.1 Å². The summed E-state index contributed by atoms with van der Waals surface area (Å²) >= 11 is 6.10. The number of non-ortho nitro benzene ring substituents is 1. The molecule has 0 fully saturated rings. The van der Waals surface area contributed by atoms with E-state index in [1.807, 2.05) is 19.1 Å². The first kappa shape index (κ1) is 13.6. The Morgan fingerprint density at radius 3 is 2.76 bits per heavy atom. The number of oxazole rings is 1. The van der Waals surface area contributed by atoms with Crippen LogP contribution in [0.2, 0.25) is 5.02 Å². The van der Waals surface area contributed by atoms with Crippen LogP contribution in [0, 0.1) is 24.0 Å². The van der Waals surface area contributed by atoms with Crippen molar-refractivity contribution in [1.82, 2.24) is 4.98 Å². The average molecular weight is 303 g/mol. The zero-order valence-corrected chi connectivity index (χ0v) is 12.1. The Morgan fingerprint density at radius 1 is 1.29 bits per heavy atom. The molecule has 0 saturated heterocycles. The van der Waals surface area contributed by atoms with Crippen LogP contribution in [0.5, 0.6) is 0 Å². The van der Waals surface area contributed by atoms with Gasteiger partial charge in [0.15, 0.2) is 5.58 Å². The smallest absolute Gasteiger partial charge is 0.272 e. The maximum atomic E-state index is 10.9. The Labute approximate surface area is 125 Å². The standard InChI is InChI=1S/C15H11ClN2O3/c1-8-6-10(18(19)20)7-13-14(8)21-15(17-13)11-4-3-5-12(16)9(11)2/h3-7H,1-2H3. The minimum absolute atomic E-state index is 0.00247. The van der Waals surface area contributed by atoms with Crippen LogP contribution in [0.3, 0.4) is 0 Å². The quantitative estimate of drug-likeness (QED) is 0.509. The summed E-state index contributed by atoms with van der Waals surface area (Å²) in [7, 11) is 0. The second kappa shape index (κ2) is 4.86. The Bertz CT molecular complexity index is 871. The van der Waals surface area contributed by atoms with E-state index in [4.69, 9.17) is 16.0 Å². The third-order valence-electron chi connectivity index (χ3n) is 3.37. The highest BCUT2D eigenvalue weighted by molar-refractivity contribution is 6.31. The molecule has 1 aromatic heterocycles. The van der Waals surface area contributed by atoms with E-state index in [2.05, 4.69) is 4.98 Å². The van der Waals surface area contributed by atoms with Crippen molar-refractivity contribution in [1.29, 1.82) is 0 Å². The van der Waals surface area contributed by atoms with Gasteiger partial charge in [-0.05, 0) is 31.5 Å². The molecular weight excluding hydrogens is 292 g/mol. The highest BCUT2D eigenvalue weighted by atomic mass is 35.5. The number of fused-ring (bicyclic) bond motifs is 1. The Kier molecular flexibility index (Phi) is 3.14. The van der Waals surface area contributed by atoms with E-state index in [1.54, 1.807) is 13.0 Å². The molecule has 0 aliphatic carbocycles. The lowest BCUT2D eigenvalue weighted by molar-refractivity contribution is -0.384. The third kappa shape index (κ3) is 2.25. The summed E-state index contributed by atoms with van der Waals surface area (Å²) in [5.41, 5.74) is 3.34. The predicted molar refractivity (Wildman–Crippen MR) is 80.6 cm³/mol. The summed E-state index contributed by atoms with van der Waals surface area (Å²) in [6, 6.07) is 8.35. The normalized spacial score (nSPS) is 11.0. The molecule has 106 valence electrons. The third-order valence-corrected chi connectivity index (χ3v) is 3.78. The van der Waals surface area contributed by atoms with E-state index < -0.39 is 4.92 Å². The first-order chi connectivity index (χ1) is 9.97. The minimum atomic E-state index is -0.439. The molecule has 0 unspecified atom stereocenters. The Balaban J connectivity index is 2.24. The fourth-order valence-corrected chi connectivity index (χ4v) is 2.42. The second-order valence-corrected chi connectivity index (χ2v) is 5.21. The van der Waals surface area contributed by atoms with E-state index in [1.165, 1.54) is 12.1 Å². The van der Waals surface area contributed by atoms with Crippen LogP contribution in [0.4, 0.5) is 5.69 Å². The lowest BCUT2D eigenvalue weighted by Gasteiger charge is -2.02. The molecule has 3 aromatic rings. The summed E-state index contributed by atoms with van der Waals surface area (Å²) in [5.74, 6) is 0.411. The monoisotopic (exact) mass is 302 g/mol. The number of hydrogen-bond acceptors (Lipinski definition) is 4. The number of hydrogen-bond donors (Lipinski definition) is 0. The van der Waals surface area contributed by atoms with Gasteiger partial charge in [0.1, 0.15) is 5.52 Å². The van der Waals surface area contributed by atoms with Crippen molar-refractivity contribution in [2.75, 3.05) is 0 Å². The highest BCUT2D eigenvalue weighted by Gasteiger charge is 2.17. The summed E-state index contributed by atoms with van der Waals surface area (Å²) in [6.07, 6.45) is 0. The molecule has 0 spiro atoms. The van der Waals surface area contributed by atoms with Crippen molar-refractivity contribution in [2.45, 2.75) is 13.8 Å². The average Bonchev–Trinajstić information content (AvgIpc) is 2.86. The molecule has 0 bridgehead atoms. The maximum absolute atomic E-state index is 10.9. The van der Waals surface area contributed by atoms with E-state index in [9.17, 15) is 10.1 Å². The fraction of sp³-hybridized carbons (Fsp3) is 0.133. The summed E-state index contributed by atoms with van der Waals surface area (Å²) in [6.45, 7) is 3.64. The van der Waals surface area contributed by atoms with E-state index in [-0.39, 0.29) is 5.69 Å². The largest absolute Gasteiger partial charge is 0.436 e. The molecular formula is C15H11ClN2O3. The first-order valence-corrected chi connectivity index (χ1v) is 6.66. The zero-order valence-electron chi connectivity index (χ0n) is 11.4. The van der Waals surface area contributed by atoms with Gasteiger partial charge in [-0.25, -0.2) is 4.98 Å². The molecule has 0 N–H and O–H groups in total. The molecule has 0 amide bonds. The number of benzene rings is 2. The van der Waals surface area contributed by atoms with Crippen molar-refractivity contribution in [3.8, 4) is 11.5 Å². The molecule has 0 saturated carbocycles. The van der Waals surface area contributed by atoms with Gasteiger partial charge in [0.05, 0.1) is 4.92 Å². The van der Waals surface area contributed by atoms with Gasteiger partial charge in [-0.2, -0.15) is 0 Å². The van der Waals surface area contributed by atoms with Gasteiger partial charge in [-0.1, -0.05) is 17.7 Å². The molecule has 3 rings (SSSR count). The van der Waals surface area contributed by atoms with Crippen LogP contribution in [-0.4, -0.2) is 9.91 Å². The van der Waals surface area contributed by atoms with Crippen LogP contribution >= 0.6 is 11.6 Å². The fourth-order valence-electron chi connectivity index (χ4n) is 2.24. The molecule has 0 atom stereocenters. The molecule has 6 heteroatoms. The van der Waals surface area contributed by atoms with Gasteiger partial charge in [0.2, 0.25) is 5.89 Å². The maximum Gasteiger partial charge on any atom is 0.272 e. The van der Waals surface area contributed by atoms with Crippen LogP contribution in [0.25, 0.3) is 22.6 Å². The van der Waals surface area contributed by atoms with Gasteiger partial charge in [0, 0.05) is 28.3 Å². The van der Waals surface area contributed by atoms with Crippen molar-refractivity contribution in [2.24, 2.45) is 0 Å². The van der Waals surface area contributed by atoms with Crippen molar-refractivity contribution >= 4 is 28.4 Å². The molecule has 0 aliphatic rings. The molecule has 0 radical (unpaired) electrons. The summed E-state index contributed by atoms with van der Waals surface area (Å²) in [5, 5.41) is 11.5. The zero-order chi connectivity index (χ0) is 15.1. The molecule has 5 nitrogen and oxygen atoms in total. The Hall–Kier alpha value is -2.40. The number of rotatable bonds is 2. The first-order valence-electron chi connectivity index (χ1n) is 6.28. The number of nitrogens with zero attached hydrogens (tertiary/aromatic N) is 2. The van der Waals surface area contributed by atoms with E-state index in [0.29, 0.717) is 27.6 Å². The second-order valence-electron chi connectivity index (χ2n) is 4.80. The number of halogens is 1. The van der Waals surface area contributed by atoms with Crippen LogP contribution in [0.15, 0.2) is 34.7 Å². The molecule has 21 heavy (non-hydrogen) atoms. The van der Waals surface area contributed by atoms with Crippen LogP contribution in [-0.2, 0) is 0 Å². The lowest BCUT2D eigenvalue weighted by atomic mass is 10.1. The number of aryl methyl sites for hydroxylation is 1. The van der Waals surface area contributed by atoms with Gasteiger partial charge in [-0.15, -0.1) is 0 Å². The highest BCUT2D eigenvalue weighted by Crippen LogP contribution is 2.32. The SMILES string of the molecule is Cc1c(Cl)cccc1-c1nc2cc([N+](=O)[O-])cc(C)c2o1. The van der Waals surface area contributed by atoms with Gasteiger partial charge < -0.3 is 4.42 Å². The number of aromatic nitrogens is 1. The molecule has 0 aliphatic heterocycles. The summed E-state index contributed by atoms with van der Waals surface area (Å²) < 4.78 is 5.76. The lowest BCUT2D eigenvalue weighted by Crippen LogP contribution is -1.88.